The van der Waals surface area contributed by atoms with Gasteiger partial charge in [0.25, 0.3) is 0 Å². The molecule has 0 aliphatic rings. The second kappa shape index (κ2) is 8.25. The molecule has 1 rings (SSSR count). The van der Waals surface area contributed by atoms with E-state index in [9.17, 15) is 4.79 Å². The smallest absolute Gasteiger partial charge is 0.238 e. The van der Waals surface area contributed by atoms with E-state index in [0.29, 0.717) is 24.4 Å². The number of amides is 1. The van der Waals surface area contributed by atoms with E-state index in [0.717, 1.165) is 13.0 Å². The van der Waals surface area contributed by atoms with Gasteiger partial charge in [-0.1, -0.05) is 12.1 Å². The Bertz CT molecular complexity index is 454. The molecule has 0 aromatic heterocycles. The zero-order valence-electron chi connectivity index (χ0n) is 11.3. The van der Waals surface area contributed by atoms with Gasteiger partial charge < -0.3 is 10.1 Å². The number of methoxy groups -OCH3 is 1. The largest absolute Gasteiger partial charge is 0.385 e. The molecule has 5 heteroatoms. The Labute approximate surface area is 113 Å². The minimum atomic E-state index is -0.123. The van der Waals surface area contributed by atoms with Crippen molar-refractivity contribution >= 4 is 11.6 Å². The first-order valence-electron chi connectivity index (χ1n) is 6.14. The van der Waals surface area contributed by atoms with Crippen molar-refractivity contribution in [2.24, 2.45) is 0 Å². The number of ether oxygens (including phenoxy) is 1. The predicted molar refractivity (Wildman–Crippen MR) is 73.8 cm³/mol. The fourth-order valence-corrected chi connectivity index (χ4v) is 1.68. The van der Waals surface area contributed by atoms with Crippen molar-refractivity contribution in [1.29, 1.82) is 5.26 Å². The van der Waals surface area contributed by atoms with Crippen molar-refractivity contribution in [2.45, 2.75) is 6.42 Å². The van der Waals surface area contributed by atoms with E-state index in [-0.39, 0.29) is 5.91 Å². The average molecular weight is 261 g/mol. The van der Waals surface area contributed by atoms with Gasteiger partial charge >= 0.3 is 0 Å². The Morgan fingerprint density at radius 1 is 1.47 bits per heavy atom. The van der Waals surface area contributed by atoms with Crippen LogP contribution in [0.25, 0.3) is 0 Å². The van der Waals surface area contributed by atoms with Gasteiger partial charge in [0.1, 0.15) is 6.07 Å². The first kappa shape index (κ1) is 15.2. The molecule has 0 fully saturated rings. The molecule has 19 heavy (non-hydrogen) atoms. The van der Waals surface area contributed by atoms with Crippen molar-refractivity contribution in [3.05, 3.63) is 29.8 Å². The molecule has 5 nitrogen and oxygen atoms in total. The number of carbonyl (C=O) groups is 1. The summed E-state index contributed by atoms with van der Waals surface area (Å²) in [6, 6.07) is 9.01. The van der Waals surface area contributed by atoms with Crippen LogP contribution in [0, 0.1) is 11.3 Å². The van der Waals surface area contributed by atoms with Crippen LogP contribution in [0.2, 0.25) is 0 Å². The van der Waals surface area contributed by atoms with E-state index in [1.807, 2.05) is 11.9 Å². The van der Waals surface area contributed by atoms with Gasteiger partial charge in [-0.2, -0.15) is 5.26 Å². The van der Waals surface area contributed by atoms with Gasteiger partial charge in [0.15, 0.2) is 0 Å². The SMILES string of the molecule is COCCCN(C)CC(=O)Nc1ccccc1C#N. The van der Waals surface area contributed by atoms with Crippen LogP contribution in [0.1, 0.15) is 12.0 Å². The maximum absolute atomic E-state index is 11.8. The second-order valence-electron chi connectivity index (χ2n) is 4.29. The molecule has 0 saturated carbocycles. The lowest BCUT2D eigenvalue weighted by Gasteiger charge is -2.16. The fourth-order valence-electron chi connectivity index (χ4n) is 1.68. The number of benzene rings is 1. The number of carbonyl (C=O) groups excluding carboxylic acids is 1. The summed E-state index contributed by atoms with van der Waals surface area (Å²) in [5, 5.41) is 11.7. The van der Waals surface area contributed by atoms with Gasteiger partial charge in [0.05, 0.1) is 17.8 Å². The zero-order valence-corrected chi connectivity index (χ0v) is 11.3. The third-order valence-corrected chi connectivity index (χ3v) is 2.62. The van der Waals surface area contributed by atoms with Crippen molar-refractivity contribution in [3.8, 4) is 6.07 Å². The summed E-state index contributed by atoms with van der Waals surface area (Å²) in [5.41, 5.74) is 1.03. The maximum atomic E-state index is 11.8. The lowest BCUT2D eigenvalue weighted by molar-refractivity contribution is -0.117. The molecule has 1 aromatic rings. The molecule has 0 heterocycles. The number of hydrogen-bond donors (Lipinski definition) is 1. The highest BCUT2D eigenvalue weighted by atomic mass is 16.5. The number of rotatable bonds is 7. The molecule has 102 valence electrons. The van der Waals surface area contributed by atoms with Gasteiger partial charge in [-0.15, -0.1) is 0 Å². The molecule has 0 spiro atoms. The maximum Gasteiger partial charge on any atom is 0.238 e. The lowest BCUT2D eigenvalue weighted by atomic mass is 10.2. The van der Waals surface area contributed by atoms with Gasteiger partial charge in [0.2, 0.25) is 5.91 Å². The van der Waals surface area contributed by atoms with Crippen LogP contribution in [-0.4, -0.2) is 44.7 Å². The normalized spacial score (nSPS) is 10.2. The zero-order chi connectivity index (χ0) is 14.1. The Hall–Kier alpha value is -1.90. The molecular formula is C14H19N3O2. The van der Waals surface area contributed by atoms with Crippen molar-refractivity contribution in [3.63, 3.8) is 0 Å². The van der Waals surface area contributed by atoms with Crippen molar-refractivity contribution < 1.29 is 9.53 Å². The molecule has 1 aromatic carbocycles. The van der Waals surface area contributed by atoms with E-state index in [2.05, 4.69) is 11.4 Å². The third kappa shape index (κ3) is 5.51. The van der Waals surface area contributed by atoms with Crippen LogP contribution in [0.15, 0.2) is 24.3 Å². The Kier molecular flexibility index (Phi) is 6.58. The molecule has 0 aliphatic carbocycles. The summed E-state index contributed by atoms with van der Waals surface area (Å²) in [7, 11) is 3.54. The van der Waals surface area contributed by atoms with Crippen LogP contribution in [0.5, 0.6) is 0 Å². The summed E-state index contributed by atoms with van der Waals surface area (Å²) in [6.45, 7) is 1.77. The van der Waals surface area contributed by atoms with Crippen molar-refractivity contribution in [1.82, 2.24) is 4.90 Å². The van der Waals surface area contributed by atoms with Gasteiger partial charge in [-0.25, -0.2) is 0 Å². The molecule has 0 atom stereocenters. The predicted octanol–water partition coefficient (Wildman–Crippen LogP) is 1.47. The highest BCUT2D eigenvalue weighted by molar-refractivity contribution is 5.93. The minimum absolute atomic E-state index is 0.123. The van der Waals surface area contributed by atoms with Crippen LogP contribution in [-0.2, 0) is 9.53 Å². The standard InChI is InChI=1S/C14H19N3O2/c1-17(8-5-9-19-2)11-14(18)16-13-7-4-3-6-12(13)10-15/h3-4,6-7H,5,8-9,11H2,1-2H3,(H,16,18). The number of nitrogens with zero attached hydrogens (tertiary/aromatic N) is 2. The van der Waals surface area contributed by atoms with Gasteiger partial charge in [-0.3, -0.25) is 9.69 Å². The molecule has 0 saturated heterocycles. The molecule has 1 N–H and O–H groups in total. The monoisotopic (exact) mass is 261 g/mol. The number of hydrogen-bond acceptors (Lipinski definition) is 4. The van der Waals surface area contributed by atoms with E-state index in [1.54, 1.807) is 31.4 Å². The summed E-state index contributed by atoms with van der Waals surface area (Å²) < 4.78 is 4.96. The molecule has 1 amide bonds. The van der Waals surface area contributed by atoms with Crippen LogP contribution >= 0.6 is 0 Å². The summed E-state index contributed by atoms with van der Waals surface area (Å²) in [4.78, 5) is 13.8. The van der Waals surface area contributed by atoms with Crippen molar-refractivity contribution in [2.75, 3.05) is 39.2 Å². The highest BCUT2D eigenvalue weighted by Crippen LogP contribution is 2.13. The second-order valence-corrected chi connectivity index (χ2v) is 4.29. The molecule has 0 unspecified atom stereocenters. The summed E-state index contributed by atoms with van der Waals surface area (Å²) in [6.07, 6.45) is 0.884. The Morgan fingerprint density at radius 3 is 2.89 bits per heavy atom. The van der Waals surface area contributed by atoms with E-state index >= 15 is 0 Å². The highest BCUT2D eigenvalue weighted by Gasteiger charge is 2.08. The summed E-state index contributed by atoms with van der Waals surface area (Å²) >= 11 is 0. The number of anilines is 1. The molecular weight excluding hydrogens is 242 g/mol. The lowest BCUT2D eigenvalue weighted by Crippen LogP contribution is -2.31. The Balaban J connectivity index is 2.45. The fraction of sp³-hybridized carbons (Fsp3) is 0.429. The first-order valence-corrected chi connectivity index (χ1v) is 6.14. The topological polar surface area (TPSA) is 65.4 Å². The molecule has 0 aliphatic heterocycles. The minimum Gasteiger partial charge on any atom is -0.385 e. The van der Waals surface area contributed by atoms with E-state index in [4.69, 9.17) is 10.00 Å². The summed E-state index contributed by atoms with van der Waals surface area (Å²) in [5.74, 6) is -0.123. The molecule has 0 bridgehead atoms. The number of likely N-dealkylation sites (N-methyl/N-ethyl adjacent to an activating group) is 1. The van der Waals surface area contributed by atoms with E-state index < -0.39 is 0 Å². The quantitative estimate of drug-likeness (QED) is 0.755. The van der Waals surface area contributed by atoms with Gasteiger partial charge in [0, 0.05) is 20.3 Å². The first-order chi connectivity index (χ1) is 9.17. The Morgan fingerprint density at radius 2 is 2.21 bits per heavy atom. The number of para-hydroxylation sites is 1. The molecule has 0 radical (unpaired) electrons. The van der Waals surface area contributed by atoms with Gasteiger partial charge in [-0.05, 0) is 25.6 Å². The number of nitriles is 1. The third-order valence-electron chi connectivity index (χ3n) is 2.62. The van der Waals surface area contributed by atoms with E-state index in [1.165, 1.54) is 0 Å². The number of nitrogens with one attached hydrogen (secondary N) is 1. The van der Waals surface area contributed by atoms with Crippen LogP contribution < -0.4 is 5.32 Å². The van der Waals surface area contributed by atoms with Crippen LogP contribution in [0.4, 0.5) is 5.69 Å². The average Bonchev–Trinajstić information content (AvgIpc) is 2.39. The van der Waals surface area contributed by atoms with Crippen LogP contribution in [0.3, 0.4) is 0 Å².